The zero-order valence-electron chi connectivity index (χ0n) is 16.7. The molecule has 1 saturated heterocycles. The Kier molecular flexibility index (Phi) is 6.20. The number of amides is 2. The number of ether oxygens (including phenoxy) is 1. The van der Waals surface area contributed by atoms with E-state index in [1.807, 2.05) is 24.8 Å². The highest BCUT2D eigenvalue weighted by molar-refractivity contribution is 5.80. The molecule has 2 fully saturated rings. The van der Waals surface area contributed by atoms with E-state index in [-0.39, 0.29) is 35.3 Å². The lowest BCUT2D eigenvalue weighted by atomic mass is 9.93. The van der Waals surface area contributed by atoms with Gasteiger partial charge in [0, 0.05) is 32.0 Å². The normalized spacial score (nSPS) is 22.9. The number of methoxy groups -OCH3 is 1. The Morgan fingerprint density at radius 3 is 2.59 bits per heavy atom. The largest absolute Gasteiger partial charge is 0.378 e. The van der Waals surface area contributed by atoms with Crippen molar-refractivity contribution in [3.8, 4) is 0 Å². The summed E-state index contributed by atoms with van der Waals surface area (Å²) in [5, 5.41) is 3.16. The van der Waals surface area contributed by atoms with E-state index in [2.05, 4.69) is 29.6 Å². The van der Waals surface area contributed by atoms with Gasteiger partial charge in [-0.25, -0.2) is 0 Å². The van der Waals surface area contributed by atoms with Crippen LogP contribution in [0.4, 0.5) is 0 Å². The minimum absolute atomic E-state index is 0.00721. The maximum absolute atomic E-state index is 12.9. The van der Waals surface area contributed by atoms with Crippen LogP contribution in [0, 0.1) is 5.92 Å². The van der Waals surface area contributed by atoms with E-state index in [9.17, 15) is 9.59 Å². The summed E-state index contributed by atoms with van der Waals surface area (Å²) in [6.07, 6.45) is 4.32. The molecule has 148 valence electrons. The number of carbonyl (C=O) groups is 2. The van der Waals surface area contributed by atoms with Crippen molar-refractivity contribution >= 4 is 11.8 Å². The molecule has 0 spiro atoms. The predicted octanol–water partition coefficient (Wildman–Crippen LogP) is 2.89. The Morgan fingerprint density at radius 1 is 1.30 bits per heavy atom. The topological polar surface area (TPSA) is 58.6 Å². The molecule has 0 unspecified atom stereocenters. The van der Waals surface area contributed by atoms with Crippen LogP contribution in [-0.2, 0) is 19.7 Å². The van der Waals surface area contributed by atoms with Crippen molar-refractivity contribution < 1.29 is 14.3 Å². The second-order valence-corrected chi connectivity index (χ2v) is 8.00. The Bertz CT molecular complexity index is 657. The van der Waals surface area contributed by atoms with Crippen molar-refractivity contribution in [2.75, 3.05) is 20.2 Å². The van der Waals surface area contributed by atoms with Crippen molar-refractivity contribution in [1.82, 2.24) is 10.2 Å². The van der Waals surface area contributed by atoms with Gasteiger partial charge in [-0.3, -0.25) is 9.59 Å². The first kappa shape index (κ1) is 19.9. The van der Waals surface area contributed by atoms with Gasteiger partial charge in [0.1, 0.15) is 0 Å². The summed E-state index contributed by atoms with van der Waals surface area (Å²) < 4.78 is 5.72. The van der Waals surface area contributed by atoms with Gasteiger partial charge in [-0.2, -0.15) is 0 Å². The molecule has 0 aromatic heterocycles. The van der Waals surface area contributed by atoms with Crippen LogP contribution in [0.3, 0.4) is 0 Å². The van der Waals surface area contributed by atoms with E-state index in [0.29, 0.717) is 13.0 Å². The summed E-state index contributed by atoms with van der Waals surface area (Å²) in [6, 6.07) is 10.4. The molecular weight excluding hydrogens is 340 g/mol. The van der Waals surface area contributed by atoms with Gasteiger partial charge >= 0.3 is 0 Å². The Hall–Kier alpha value is -1.88. The van der Waals surface area contributed by atoms with Crippen molar-refractivity contribution in [1.29, 1.82) is 0 Å². The van der Waals surface area contributed by atoms with Crippen LogP contribution in [0.5, 0.6) is 0 Å². The van der Waals surface area contributed by atoms with Crippen LogP contribution in [0.25, 0.3) is 0 Å². The molecule has 3 rings (SSSR count). The van der Waals surface area contributed by atoms with Crippen LogP contribution < -0.4 is 5.32 Å². The Labute approximate surface area is 162 Å². The highest BCUT2D eigenvalue weighted by Crippen LogP contribution is 2.47. The number of rotatable bonds is 8. The van der Waals surface area contributed by atoms with Crippen LogP contribution in [-0.4, -0.2) is 49.1 Å². The van der Waals surface area contributed by atoms with Crippen LogP contribution in [0.2, 0.25) is 0 Å². The van der Waals surface area contributed by atoms with Gasteiger partial charge in [-0.1, -0.05) is 44.2 Å². The van der Waals surface area contributed by atoms with Crippen molar-refractivity contribution in [2.45, 2.75) is 63.5 Å². The molecular formula is C22H32N2O3. The molecule has 1 saturated carbocycles. The first-order valence-electron chi connectivity index (χ1n) is 10.2. The lowest BCUT2D eigenvalue weighted by Gasteiger charge is -2.34. The molecule has 1 N–H and O–H groups in total. The number of nitrogens with zero attached hydrogens (tertiary/aromatic N) is 1. The van der Waals surface area contributed by atoms with Gasteiger partial charge in [-0.05, 0) is 31.2 Å². The minimum atomic E-state index is -0.295. The van der Waals surface area contributed by atoms with Gasteiger partial charge in [0.15, 0.2) is 0 Å². The summed E-state index contributed by atoms with van der Waals surface area (Å²) in [4.78, 5) is 27.0. The molecule has 1 aromatic rings. The number of nitrogens with one attached hydrogen (secondary N) is 1. The monoisotopic (exact) mass is 372 g/mol. The smallest absolute Gasteiger partial charge is 0.225 e. The van der Waals surface area contributed by atoms with E-state index in [1.165, 1.54) is 5.56 Å². The first-order chi connectivity index (χ1) is 13.0. The number of carbonyl (C=O) groups excluding carboxylic acids is 2. The number of likely N-dealkylation sites (tertiary alicyclic amines) is 1. The standard InChI is InChI=1S/C22H32N2O3/c1-4-19(25)24-14-8-11-18(24)20(27-3)16(2)21(26)23-15-22(12-13-22)17-9-6-5-7-10-17/h5-7,9-10,16,18,20H,4,8,11-15H2,1-3H3,(H,23,26)/t16-,18+,20-/m1/s1. The third kappa shape index (κ3) is 4.18. The van der Waals surface area contributed by atoms with Crippen molar-refractivity contribution in [2.24, 2.45) is 5.92 Å². The third-order valence-electron chi connectivity index (χ3n) is 6.32. The van der Waals surface area contributed by atoms with Crippen LogP contribution in [0.1, 0.15) is 51.5 Å². The summed E-state index contributed by atoms with van der Waals surface area (Å²) in [5.74, 6) is -0.134. The molecule has 5 nitrogen and oxygen atoms in total. The lowest BCUT2D eigenvalue weighted by Crippen LogP contribution is -2.50. The molecule has 1 aliphatic heterocycles. The Morgan fingerprint density at radius 2 is 2.00 bits per heavy atom. The first-order valence-corrected chi connectivity index (χ1v) is 10.2. The predicted molar refractivity (Wildman–Crippen MR) is 105 cm³/mol. The van der Waals surface area contributed by atoms with Crippen molar-refractivity contribution in [3.05, 3.63) is 35.9 Å². The highest BCUT2D eigenvalue weighted by atomic mass is 16.5. The quantitative estimate of drug-likeness (QED) is 0.763. The average molecular weight is 373 g/mol. The fourth-order valence-electron chi connectivity index (χ4n) is 4.42. The molecule has 2 aliphatic rings. The summed E-state index contributed by atoms with van der Waals surface area (Å²) >= 11 is 0. The summed E-state index contributed by atoms with van der Waals surface area (Å²) in [7, 11) is 1.65. The molecule has 1 aliphatic carbocycles. The molecule has 3 atom stereocenters. The minimum Gasteiger partial charge on any atom is -0.378 e. The maximum Gasteiger partial charge on any atom is 0.225 e. The lowest BCUT2D eigenvalue weighted by molar-refractivity contribution is -0.139. The van der Waals surface area contributed by atoms with E-state index in [4.69, 9.17) is 4.74 Å². The third-order valence-corrected chi connectivity index (χ3v) is 6.32. The van der Waals surface area contributed by atoms with Gasteiger partial charge < -0.3 is 15.0 Å². The maximum atomic E-state index is 12.9. The molecule has 0 bridgehead atoms. The number of hydrogen-bond donors (Lipinski definition) is 1. The van der Waals surface area contributed by atoms with E-state index in [0.717, 1.165) is 32.2 Å². The summed E-state index contributed by atoms with van der Waals surface area (Å²) in [6.45, 7) is 5.23. The number of benzene rings is 1. The SMILES string of the molecule is CCC(=O)N1CCC[C@H]1[C@H](OC)[C@@H](C)C(=O)NCC1(c2ccccc2)CC1. The average Bonchev–Trinajstić information content (AvgIpc) is 3.36. The molecule has 0 radical (unpaired) electrons. The fraction of sp³-hybridized carbons (Fsp3) is 0.636. The van der Waals surface area contributed by atoms with Gasteiger partial charge in [0.2, 0.25) is 11.8 Å². The van der Waals surface area contributed by atoms with Gasteiger partial charge in [-0.15, -0.1) is 0 Å². The molecule has 27 heavy (non-hydrogen) atoms. The fourth-order valence-corrected chi connectivity index (χ4v) is 4.42. The zero-order chi connectivity index (χ0) is 19.4. The van der Waals surface area contributed by atoms with Gasteiger partial charge in [0.05, 0.1) is 18.1 Å². The second-order valence-electron chi connectivity index (χ2n) is 8.00. The Balaban J connectivity index is 1.61. The zero-order valence-corrected chi connectivity index (χ0v) is 16.7. The van der Waals surface area contributed by atoms with Gasteiger partial charge in [0.25, 0.3) is 0 Å². The number of hydrogen-bond acceptors (Lipinski definition) is 3. The highest BCUT2D eigenvalue weighted by Gasteiger charge is 2.45. The molecule has 5 heteroatoms. The van der Waals surface area contributed by atoms with Crippen LogP contribution >= 0.6 is 0 Å². The second kappa shape index (κ2) is 8.42. The molecule has 2 amide bonds. The van der Waals surface area contributed by atoms with Crippen LogP contribution in [0.15, 0.2) is 30.3 Å². The van der Waals surface area contributed by atoms with E-state index >= 15 is 0 Å². The summed E-state index contributed by atoms with van der Waals surface area (Å²) in [5.41, 5.74) is 1.40. The van der Waals surface area contributed by atoms with E-state index < -0.39 is 0 Å². The molecule has 1 heterocycles. The van der Waals surface area contributed by atoms with Crippen molar-refractivity contribution in [3.63, 3.8) is 0 Å². The van der Waals surface area contributed by atoms with E-state index in [1.54, 1.807) is 7.11 Å². The molecule has 1 aromatic carbocycles.